The number of para-hydroxylation sites is 2. The topological polar surface area (TPSA) is 205 Å². The van der Waals surface area contributed by atoms with Gasteiger partial charge in [0.2, 0.25) is 5.89 Å². The van der Waals surface area contributed by atoms with E-state index in [0.717, 1.165) is 0 Å². The van der Waals surface area contributed by atoms with Crippen LogP contribution in [-0.4, -0.2) is 76.7 Å². The van der Waals surface area contributed by atoms with Crippen LogP contribution in [0.4, 0.5) is 10.5 Å². The van der Waals surface area contributed by atoms with Crippen molar-refractivity contribution < 1.29 is 37.1 Å². The van der Waals surface area contributed by atoms with Crippen LogP contribution in [0, 0.1) is 11.8 Å². The zero-order valence-corrected chi connectivity index (χ0v) is 30.6. The summed E-state index contributed by atoms with van der Waals surface area (Å²) in [6, 6.07) is 13.7. The molecule has 16 heteroatoms. The molecule has 0 radical (unpaired) electrons. The summed E-state index contributed by atoms with van der Waals surface area (Å²) in [6.45, 7) is 7.58. The van der Waals surface area contributed by atoms with Gasteiger partial charge < -0.3 is 20.6 Å². The van der Waals surface area contributed by atoms with Crippen LogP contribution in [0.15, 0.2) is 82.1 Å². The number of amides is 5. The molecule has 1 aromatic heterocycles. The number of urea groups is 1. The van der Waals surface area contributed by atoms with Gasteiger partial charge in [-0.1, -0.05) is 51.4 Å². The van der Waals surface area contributed by atoms with Crippen molar-refractivity contribution in [3.63, 3.8) is 0 Å². The highest BCUT2D eigenvalue weighted by Crippen LogP contribution is 2.34. The molecule has 276 valence electrons. The number of nitrogens with zero attached hydrogens (tertiary/aromatic N) is 3. The van der Waals surface area contributed by atoms with E-state index in [1.807, 2.05) is 18.6 Å². The lowest BCUT2D eigenvalue weighted by Gasteiger charge is -2.38. The Morgan fingerprint density at radius 3 is 2.25 bits per heavy atom. The Morgan fingerprint density at radius 2 is 1.63 bits per heavy atom. The minimum atomic E-state index is -4.21. The maximum absolute atomic E-state index is 14.4. The Kier molecular flexibility index (Phi) is 11.8. The van der Waals surface area contributed by atoms with E-state index >= 15 is 0 Å². The van der Waals surface area contributed by atoms with Crippen molar-refractivity contribution in [3.05, 3.63) is 89.3 Å². The third kappa shape index (κ3) is 8.34. The van der Waals surface area contributed by atoms with Crippen molar-refractivity contribution in [1.82, 2.24) is 19.5 Å². The van der Waals surface area contributed by atoms with Gasteiger partial charge in [-0.3, -0.25) is 19.3 Å². The van der Waals surface area contributed by atoms with Crippen LogP contribution in [0.5, 0.6) is 0 Å². The first-order chi connectivity index (χ1) is 24.6. The lowest BCUT2D eigenvalue weighted by Crippen LogP contribution is -2.58. The van der Waals surface area contributed by atoms with E-state index in [9.17, 15) is 32.7 Å². The van der Waals surface area contributed by atoms with Crippen molar-refractivity contribution in [1.29, 1.82) is 0 Å². The molecule has 1 aliphatic heterocycles. The third-order valence-corrected chi connectivity index (χ3v) is 10.5. The molecule has 5 rings (SSSR count). The number of oxazole rings is 1. The quantitative estimate of drug-likeness (QED) is 0.155. The molecule has 3 aromatic carbocycles. The first-order valence-corrected chi connectivity index (χ1v) is 18.6. The lowest BCUT2D eigenvalue weighted by molar-refractivity contribution is -0.146. The maximum Gasteiger partial charge on any atom is 0.333 e. The number of nitrogens with one attached hydrogen (secondary N) is 2. The summed E-state index contributed by atoms with van der Waals surface area (Å²) in [6.07, 6.45) is -0.354. The van der Waals surface area contributed by atoms with Crippen molar-refractivity contribution >= 4 is 62.2 Å². The molecule has 52 heavy (non-hydrogen) atoms. The fourth-order valence-corrected chi connectivity index (χ4v) is 7.20. The molecule has 1 aliphatic rings. The molecular formula is C36H41ClN6O8S. The van der Waals surface area contributed by atoms with Gasteiger partial charge in [0.05, 0.1) is 17.0 Å². The van der Waals surface area contributed by atoms with Crippen molar-refractivity contribution in [2.75, 3.05) is 11.9 Å². The van der Waals surface area contributed by atoms with Gasteiger partial charge in [0.1, 0.15) is 11.6 Å². The minimum Gasteiger partial charge on any atom is -0.438 e. The molecule has 14 nitrogen and oxygen atoms in total. The predicted molar refractivity (Wildman–Crippen MR) is 194 cm³/mol. The molecular weight excluding hydrogens is 712 g/mol. The predicted octanol–water partition coefficient (Wildman–Crippen LogP) is 4.69. The molecule has 0 saturated carbocycles. The third-order valence-electron chi connectivity index (χ3n) is 8.92. The Bertz CT molecular complexity index is 2020. The fraction of sp³-hybridized carbons (Fsp3) is 0.361. The Hall–Kier alpha value is -4.67. The second kappa shape index (κ2) is 15.9. The average Bonchev–Trinajstić information content (AvgIpc) is 3.76. The SMILES string of the molecule is CC(C)[C@@H](C(O)c1nc2ccccc2o1)N1CCC[C@H]1C(=O)N(C(=O)c1ccc(NC(=O)NS(=O)(=O)c2ccc(Cl)cc2)cc1)C(=O)[C@@H](N)C(C)C. The fourth-order valence-electron chi connectivity index (χ4n) is 6.17. The summed E-state index contributed by atoms with van der Waals surface area (Å²) >= 11 is 5.82. The van der Waals surface area contributed by atoms with Gasteiger partial charge in [-0.2, -0.15) is 0 Å². The minimum absolute atomic E-state index is 0.0612. The highest BCUT2D eigenvalue weighted by molar-refractivity contribution is 7.90. The number of anilines is 1. The number of benzene rings is 3. The van der Waals surface area contributed by atoms with Crippen LogP contribution in [-0.2, 0) is 19.6 Å². The summed E-state index contributed by atoms with van der Waals surface area (Å²) in [7, 11) is -4.21. The first-order valence-electron chi connectivity index (χ1n) is 16.8. The molecule has 1 fully saturated rings. The Labute approximate surface area is 306 Å². The van der Waals surface area contributed by atoms with E-state index in [1.165, 1.54) is 48.5 Å². The standard InChI is InChI=1S/C36H41ClN6O8S/c1-20(2)29(38)35(47)43(33(45)22-11-15-24(16-12-22)39-36(48)41-52(49,50)25-17-13-23(37)14-18-25)34(46)27-9-7-19-42(27)30(21(3)4)31(44)32-40-26-8-5-6-10-28(26)51-32/h5-6,8,10-18,20-21,27,29-31,44H,7,9,19,38H2,1-4H3,(H2,39,41,48)/t27-,29-,30-,31?/m0/s1. The summed E-state index contributed by atoms with van der Waals surface area (Å²) in [5, 5.41) is 14.3. The molecule has 1 saturated heterocycles. The van der Waals surface area contributed by atoms with Crippen molar-refractivity contribution in [2.24, 2.45) is 17.6 Å². The van der Waals surface area contributed by atoms with E-state index in [0.29, 0.717) is 40.4 Å². The Balaban J connectivity index is 1.37. The number of fused-ring (bicyclic) bond motifs is 1. The number of aromatic nitrogens is 1. The normalized spacial score (nSPS) is 16.8. The van der Waals surface area contributed by atoms with E-state index in [4.69, 9.17) is 21.8 Å². The average molecular weight is 753 g/mol. The van der Waals surface area contributed by atoms with Gasteiger partial charge in [-0.05, 0) is 91.9 Å². The summed E-state index contributed by atoms with van der Waals surface area (Å²) in [5.41, 5.74) is 7.35. The zero-order valence-electron chi connectivity index (χ0n) is 29.0. The molecule has 0 aliphatic carbocycles. The van der Waals surface area contributed by atoms with Crippen LogP contribution in [0.2, 0.25) is 5.02 Å². The molecule has 4 atom stereocenters. The van der Waals surface area contributed by atoms with E-state index in [-0.39, 0.29) is 28.0 Å². The molecule has 1 unspecified atom stereocenters. The number of likely N-dealkylation sites (tertiary alicyclic amines) is 1. The van der Waals surface area contributed by atoms with Gasteiger partial charge in [0.15, 0.2) is 5.58 Å². The Morgan fingerprint density at radius 1 is 0.981 bits per heavy atom. The van der Waals surface area contributed by atoms with Gasteiger partial charge in [0, 0.05) is 22.3 Å². The van der Waals surface area contributed by atoms with Crippen LogP contribution >= 0.6 is 11.6 Å². The highest BCUT2D eigenvalue weighted by atomic mass is 35.5. The summed E-state index contributed by atoms with van der Waals surface area (Å²) in [5.74, 6) is -3.11. The van der Waals surface area contributed by atoms with Crippen LogP contribution in [0.25, 0.3) is 11.1 Å². The van der Waals surface area contributed by atoms with Gasteiger partial charge in [-0.25, -0.2) is 27.8 Å². The van der Waals surface area contributed by atoms with Crippen LogP contribution in [0.1, 0.15) is 62.9 Å². The summed E-state index contributed by atoms with van der Waals surface area (Å²) < 4.78 is 32.9. The number of hydrogen-bond donors (Lipinski definition) is 4. The molecule has 0 bridgehead atoms. The number of aliphatic hydroxyl groups is 1. The molecule has 4 aromatic rings. The second-order valence-corrected chi connectivity index (χ2v) is 15.4. The maximum atomic E-state index is 14.4. The number of aliphatic hydroxyl groups excluding tert-OH is 1. The van der Waals surface area contributed by atoms with Crippen LogP contribution in [0.3, 0.4) is 0 Å². The first kappa shape index (κ1) is 38.6. The number of halogens is 1. The van der Waals surface area contributed by atoms with Crippen LogP contribution < -0.4 is 15.8 Å². The zero-order chi connectivity index (χ0) is 37.9. The number of carbonyl (C=O) groups excluding carboxylic acids is 4. The molecule has 5 N–H and O–H groups in total. The van der Waals surface area contributed by atoms with Crippen molar-refractivity contribution in [2.45, 2.75) is 69.7 Å². The second-order valence-electron chi connectivity index (χ2n) is 13.3. The smallest absolute Gasteiger partial charge is 0.333 e. The number of sulfonamides is 1. The lowest BCUT2D eigenvalue weighted by atomic mass is 9.95. The monoisotopic (exact) mass is 752 g/mol. The summed E-state index contributed by atoms with van der Waals surface area (Å²) in [4.78, 5) is 61.4. The number of carbonyl (C=O) groups is 4. The van der Waals surface area contributed by atoms with E-state index < -0.39 is 63.9 Å². The highest BCUT2D eigenvalue weighted by Gasteiger charge is 2.46. The number of hydrogen-bond acceptors (Lipinski definition) is 11. The van der Waals surface area contributed by atoms with E-state index in [2.05, 4.69) is 10.3 Å². The number of imide groups is 3. The largest absolute Gasteiger partial charge is 0.438 e. The van der Waals surface area contributed by atoms with Gasteiger partial charge in [0.25, 0.3) is 27.7 Å². The molecule has 0 spiro atoms. The van der Waals surface area contributed by atoms with E-state index in [1.54, 1.807) is 43.0 Å². The van der Waals surface area contributed by atoms with Gasteiger partial charge >= 0.3 is 6.03 Å². The van der Waals surface area contributed by atoms with Crippen molar-refractivity contribution in [3.8, 4) is 0 Å². The molecule has 5 amide bonds. The molecule has 2 heterocycles. The van der Waals surface area contributed by atoms with Gasteiger partial charge in [-0.15, -0.1) is 0 Å². The number of rotatable bonds is 11. The number of nitrogens with two attached hydrogens (primary N) is 1.